The number of benzene rings is 6. The standard InChI is InChI=1S/C46H50O6/c1-5-7-9-11-17-27-49-45(47)51-43-35-21-15-13-19-33(35)41(39-29-31(3)23-25-37(39)43)42-34-20-14-16-22-36(34)44(38-26-24-32(4)30-40(38)42)52-46(48)50-28-18-12-10-8-6-2/h13-16,19-26,29-30H,5-12,17-18,27-28H2,1-4H3. The predicted molar refractivity (Wildman–Crippen MR) is 213 cm³/mol. The van der Waals surface area contributed by atoms with Crippen LogP contribution < -0.4 is 9.47 Å². The maximum Gasteiger partial charge on any atom is 0.513 e. The molecule has 0 saturated heterocycles. The number of aryl methyl sites for hydroxylation is 2. The maximum absolute atomic E-state index is 13.2. The number of carbonyl (C=O) groups excluding carboxylic acids is 2. The van der Waals surface area contributed by atoms with Gasteiger partial charge in [-0.05, 0) is 59.4 Å². The second-order valence-electron chi connectivity index (χ2n) is 13.8. The third-order valence-electron chi connectivity index (χ3n) is 9.82. The molecule has 0 fully saturated rings. The Kier molecular flexibility index (Phi) is 12.3. The van der Waals surface area contributed by atoms with Gasteiger partial charge in [-0.1, -0.05) is 161 Å². The van der Waals surface area contributed by atoms with E-state index in [9.17, 15) is 9.59 Å². The Labute approximate surface area is 307 Å². The van der Waals surface area contributed by atoms with Crippen LogP contribution in [0.15, 0.2) is 84.9 Å². The number of hydrogen-bond donors (Lipinski definition) is 0. The molecule has 6 aromatic carbocycles. The Bertz CT molecular complexity index is 2040. The zero-order chi connectivity index (χ0) is 36.5. The normalized spacial score (nSPS) is 11.4. The zero-order valence-electron chi connectivity index (χ0n) is 31.0. The SMILES string of the molecule is CCCCCCCOC(=O)Oc1c2ccccc2c(-c2c3ccccc3c(OC(=O)OCCCCCCC)c3ccc(C)cc23)c2cc(C)ccc12. The Hall–Kier alpha value is -5.10. The highest BCUT2D eigenvalue weighted by Gasteiger charge is 2.25. The summed E-state index contributed by atoms with van der Waals surface area (Å²) in [7, 11) is 0. The number of hydrogen-bond acceptors (Lipinski definition) is 6. The number of ether oxygens (including phenoxy) is 4. The summed E-state index contributed by atoms with van der Waals surface area (Å²) >= 11 is 0. The van der Waals surface area contributed by atoms with Crippen LogP contribution in [-0.2, 0) is 9.47 Å². The third kappa shape index (κ3) is 8.17. The molecule has 0 radical (unpaired) electrons. The molecular weight excluding hydrogens is 648 g/mol. The molecule has 0 spiro atoms. The summed E-state index contributed by atoms with van der Waals surface area (Å²) in [4.78, 5) is 26.3. The van der Waals surface area contributed by atoms with Gasteiger partial charge < -0.3 is 18.9 Å². The summed E-state index contributed by atoms with van der Waals surface area (Å²) in [5, 5.41) is 7.01. The van der Waals surface area contributed by atoms with E-state index in [4.69, 9.17) is 18.9 Å². The highest BCUT2D eigenvalue weighted by molar-refractivity contribution is 6.27. The molecule has 6 aromatic rings. The van der Waals surface area contributed by atoms with E-state index >= 15 is 0 Å². The molecule has 0 aromatic heterocycles. The van der Waals surface area contributed by atoms with Crippen molar-refractivity contribution in [1.82, 2.24) is 0 Å². The molecule has 0 saturated carbocycles. The van der Waals surface area contributed by atoms with Crippen molar-refractivity contribution in [3.05, 3.63) is 96.1 Å². The molecule has 0 aliphatic heterocycles. The summed E-state index contributed by atoms with van der Waals surface area (Å²) in [5.41, 5.74) is 4.18. The van der Waals surface area contributed by atoms with Crippen molar-refractivity contribution in [1.29, 1.82) is 0 Å². The molecular formula is C46H50O6. The van der Waals surface area contributed by atoms with Gasteiger partial charge in [-0.2, -0.15) is 0 Å². The molecule has 0 bridgehead atoms. The van der Waals surface area contributed by atoms with Crippen LogP contribution in [-0.4, -0.2) is 25.5 Å². The Morgan fingerprint density at radius 3 is 1.21 bits per heavy atom. The van der Waals surface area contributed by atoms with Gasteiger partial charge in [-0.25, -0.2) is 9.59 Å². The fourth-order valence-electron chi connectivity index (χ4n) is 7.21. The fraction of sp³-hybridized carbons (Fsp3) is 0.348. The van der Waals surface area contributed by atoms with E-state index in [-0.39, 0.29) is 0 Å². The van der Waals surface area contributed by atoms with Crippen LogP contribution in [0.2, 0.25) is 0 Å². The van der Waals surface area contributed by atoms with Crippen molar-refractivity contribution in [2.45, 2.75) is 91.9 Å². The van der Waals surface area contributed by atoms with Crippen LogP contribution in [0.5, 0.6) is 11.5 Å². The summed E-state index contributed by atoms with van der Waals surface area (Å²) in [5.74, 6) is 0.958. The number of carbonyl (C=O) groups is 2. The van der Waals surface area contributed by atoms with E-state index in [0.717, 1.165) is 117 Å². The molecule has 6 nitrogen and oxygen atoms in total. The molecule has 270 valence electrons. The van der Waals surface area contributed by atoms with Crippen LogP contribution in [0.25, 0.3) is 54.2 Å². The lowest BCUT2D eigenvalue weighted by Crippen LogP contribution is -2.12. The first kappa shape index (κ1) is 36.7. The number of fused-ring (bicyclic) bond motifs is 4. The van der Waals surface area contributed by atoms with Crippen molar-refractivity contribution in [3.8, 4) is 22.6 Å². The smallest absolute Gasteiger partial charge is 0.434 e. The third-order valence-corrected chi connectivity index (χ3v) is 9.82. The first-order valence-corrected chi connectivity index (χ1v) is 19.0. The van der Waals surface area contributed by atoms with Crippen LogP contribution >= 0.6 is 0 Å². The van der Waals surface area contributed by atoms with Crippen LogP contribution in [0.3, 0.4) is 0 Å². The van der Waals surface area contributed by atoms with Crippen LogP contribution in [0.1, 0.15) is 89.2 Å². The first-order chi connectivity index (χ1) is 25.4. The predicted octanol–water partition coefficient (Wildman–Crippen LogP) is 13.6. The van der Waals surface area contributed by atoms with Crippen molar-refractivity contribution in [3.63, 3.8) is 0 Å². The van der Waals surface area contributed by atoms with Crippen LogP contribution in [0, 0.1) is 13.8 Å². The van der Waals surface area contributed by atoms with Gasteiger partial charge in [0.15, 0.2) is 0 Å². The second-order valence-corrected chi connectivity index (χ2v) is 13.8. The van der Waals surface area contributed by atoms with Gasteiger partial charge in [0.25, 0.3) is 0 Å². The van der Waals surface area contributed by atoms with Crippen molar-refractivity contribution >= 4 is 55.4 Å². The highest BCUT2D eigenvalue weighted by atomic mass is 16.7. The lowest BCUT2D eigenvalue weighted by molar-refractivity contribution is 0.0972. The van der Waals surface area contributed by atoms with E-state index in [1.54, 1.807) is 0 Å². The minimum atomic E-state index is -0.698. The van der Waals surface area contributed by atoms with Gasteiger partial charge in [0.1, 0.15) is 11.5 Å². The summed E-state index contributed by atoms with van der Waals surface area (Å²) in [6.45, 7) is 9.15. The van der Waals surface area contributed by atoms with E-state index in [1.807, 2.05) is 60.7 Å². The van der Waals surface area contributed by atoms with Crippen molar-refractivity contribution in [2.24, 2.45) is 0 Å². The molecule has 0 aliphatic carbocycles. The van der Waals surface area contributed by atoms with Crippen LogP contribution in [0.4, 0.5) is 9.59 Å². The van der Waals surface area contributed by atoms with Gasteiger partial charge in [-0.3, -0.25) is 0 Å². The highest BCUT2D eigenvalue weighted by Crippen LogP contribution is 2.50. The molecule has 52 heavy (non-hydrogen) atoms. The summed E-state index contributed by atoms with van der Waals surface area (Å²) < 4.78 is 23.3. The molecule has 0 amide bonds. The van der Waals surface area contributed by atoms with Gasteiger partial charge in [0.2, 0.25) is 0 Å². The molecule has 0 heterocycles. The molecule has 0 N–H and O–H groups in total. The maximum atomic E-state index is 13.2. The summed E-state index contributed by atoms with van der Waals surface area (Å²) in [6.07, 6.45) is 9.21. The van der Waals surface area contributed by atoms with Crippen molar-refractivity contribution in [2.75, 3.05) is 13.2 Å². The largest absolute Gasteiger partial charge is 0.513 e. The Morgan fingerprint density at radius 1 is 0.442 bits per heavy atom. The first-order valence-electron chi connectivity index (χ1n) is 19.0. The fourth-order valence-corrected chi connectivity index (χ4v) is 7.21. The Balaban J connectivity index is 1.48. The van der Waals surface area contributed by atoms with E-state index in [2.05, 4.69) is 52.0 Å². The lowest BCUT2D eigenvalue weighted by Gasteiger charge is -2.21. The van der Waals surface area contributed by atoms with Gasteiger partial charge in [0, 0.05) is 21.5 Å². The average molecular weight is 699 g/mol. The number of rotatable bonds is 15. The van der Waals surface area contributed by atoms with E-state index in [0.29, 0.717) is 24.7 Å². The minimum Gasteiger partial charge on any atom is -0.434 e. The zero-order valence-corrected chi connectivity index (χ0v) is 31.0. The summed E-state index contributed by atoms with van der Waals surface area (Å²) in [6, 6.07) is 28.5. The van der Waals surface area contributed by atoms with E-state index in [1.165, 1.54) is 12.8 Å². The monoisotopic (exact) mass is 698 g/mol. The minimum absolute atomic E-state index is 0.327. The topological polar surface area (TPSA) is 71.1 Å². The average Bonchev–Trinajstić information content (AvgIpc) is 3.15. The second kappa shape index (κ2) is 17.4. The molecule has 6 heteroatoms. The number of unbranched alkanes of at least 4 members (excludes halogenated alkanes) is 8. The van der Waals surface area contributed by atoms with Gasteiger partial charge in [0.05, 0.1) is 13.2 Å². The van der Waals surface area contributed by atoms with Gasteiger partial charge >= 0.3 is 12.3 Å². The Morgan fingerprint density at radius 2 is 0.808 bits per heavy atom. The molecule has 6 rings (SSSR count). The molecule has 0 atom stereocenters. The van der Waals surface area contributed by atoms with E-state index < -0.39 is 12.3 Å². The molecule has 0 unspecified atom stereocenters. The quantitative estimate of drug-likeness (QED) is 0.0460. The van der Waals surface area contributed by atoms with Gasteiger partial charge in [-0.15, -0.1) is 0 Å². The van der Waals surface area contributed by atoms with Crippen molar-refractivity contribution < 1.29 is 28.5 Å². The lowest BCUT2D eigenvalue weighted by atomic mass is 9.84. The molecule has 0 aliphatic rings.